The van der Waals surface area contributed by atoms with Gasteiger partial charge in [0.1, 0.15) is 5.41 Å². The van der Waals surface area contributed by atoms with Gasteiger partial charge in [-0.3, -0.25) is 4.79 Å². The van der Waals surface area contributed by atoms with E-state index >= 15 is 0 Å². The van der Waals surface area contributed by atoms with Gasteiger partial charge in [0.05, 0.1) is 12.4 Å². The molecule has 2 rings (SSSR count). The number of rotatable bonds is 6. The summed E-state index contributed by atoms with van der Waals surface area (Å²) in [4.78, 5) is 16.2. The molecule has 1 fully saturated rings. The Hall–Kier alpha value is -1.04. The van der Waals surface area contributed by atoms with Crippen LogP contribution in [0.25, 0.3) is 0 Å². The van der Waals surface area contributed by atoms with Crippen LogP contribution in [-0.2, 0) is 20.7 Å². The highest BCUT2D eigenvalue weighted by Gasteiger charge is 2.57. The second kappa shape index (κ2) is 5.30. The van der Waals surface area contributed by atoms with Crippen LogP contribution in [0.2, 0.25) is 0 Å². The van der Waals surface area contributed by atoms with Crippen LogP contribution in [0.4, 0.5) is 0 Å². The molecule has 0 bridgehead atoms. The van der Waals surface area contributed by atoms with Gasteiger partial charge in [0.2, 0.25) is 5.89 Å². The Morgan fingerprint density at radius 2 is 2.28 bits per heavy atom. The first-order valence-corrected chi connectivity index (χ1v) is 7.25. The molecule has 100 valence electrons. The van der Waals surface area contributed by atoms with Gasteiger partial charge >= 0.3 is 5.97 Å². The SMILES string of the molecule is CCOC(=O)C1(c2nc(CSC(C)C)no2)CC1. The van der Waals surface area contributed by atoms with Gasteiger partial charge in [-0.05, 0) is 25.0 Å². The van der Waals surface area contributed by atoms with E-state index in [-0.39, 0.29) is 5.97 Å². The van der Waals surface area contributed by atoms with Crippen molar-refractivity contribution in [1.82, 2.24) is 10.1 Å². The van der Waals surface area contributed by atoms with E-state index in [1.54, 1.807) is 18.7 Å². The molecule has 0 spiro atoms. The van der Waals surface area contributed by atoms with Gasteiger partial charge < -0.3 is 9.26 Å². The third-order valence-electron chi connectivity index (χ3n) is 2.84. The second-order valence-corrected chi connectivity index (χ2v) is 6.24. The van der Waals surface area contributed by atoms with E-state index in [9.17, 15) is 4.79 Å². The molecule has 18 heavy (non-hydrogen) atoms. The third kappa shape index (κ3) is 2.68. The Labute approximate surface area is 111 Å². The number of esters is 1. The molecule has 5 nitrogen and oxygen atoms in total. The minimum absolute atomic E-state index is 0.239. The van der Waals surface area contributed by atoms with Crippen molar-refractivity contribution in [2.75, 3.05) is 6.61 Å². The fourth-order valence-electron chi connectivity index (χ4n) is 1.65. The largest absolute Gasteiger partial charge is 0.465 e. The number of hydrogen-bond donors (Lipinski definition) is 0. The molecule has 1 aromatic heterocycles. The monoisotopic (exact) mass is 270 g/mol. The molecule has 1 aromatic rings. The fourth-order valence-corrected chi connectivity index (χ4v) is 2.25. The minimum atomic E-state index is -0.649. The van der Waals surface area contributed by atoms with Crippen molar-refractivity contribution in [2.24, 2.45) is 0 Å². The molecule has 1 heterocycles. The number of carbonyl (C=O) groups is 1. The van der Waals surface area contributed by atoms with Crippen molar-refractivity contribution < 1.29 is 14.1 Å². The maximum atomic E-state index is 11.8. The summed E-state index contributed by atoms with van der Waals surface area (Å²) in [5.74, 6) is 1.54. The van der Waals surface area contributed by atoms with Gasteiger partial charge in [-0.1, -0.05) is 19.0 Å². The van der Waals surface area contributed by atoms with E-state index in [0.717, 1.165) is 12.8 Å². The van der Waals surface area contributed by atoms with Crippen LogP contribution >= 0.6 is 11.8 Å². The maximum absolute atomic E-state index is 11.8. The lowest BCUT2D eigenvalue weighted by Gasteiger charge is -2.08. The maximum Gasteiger partial charge on any atom is 0.321 e. The Morgan fingerprint density at radius 1 is 1.56 bits per heavy atom. The lowest BCUT2D eigenvalue weighted by Crippen LogP contribution is -2.23. The molecule has 0 amide bonds. The lowest BCUT2D eigenvalue weighted by atomic mass is 10.1. The van der Waals surface area contributed by atoms with E-state index in [1.807, 2.05) is 0 Å². The minimum Gasteiger partial charge on any atom is -0.465 e. The number of carbonyl (C=O) groups excluding carboxylic acids is 1. The first-order chi connectivity index (χ1) is 8.58. The van der Waals surface area contributed by atoms with E-state index < -0.39 is 5.41 Å². The highest BCUT2D eigenvalue weighted by atomic mass is 32.2. The third-order valence-corrected chi connectivity index (χ3v) is 3.93. The molecule has 0 aromatic carbocycles. The Morgan fingerprint density at radius 3 is 2.83 bits per heavy atom. The molecular formula is C12H18N2O3S. The Bertz CT molecular complexity index is 427. The molecule has 1 saturated carbocycles. The van der Waals surface area contributed by atoms with Gasteiger partial charge in [-0.15, -0.1) is 0 Å². The van der Waals surface area contributed by atoms with Crippen LogP contribution in [0.5, 0.6) is 0 Å². The molecule has 0 saturated heterocycles. The number of hydrogen-bond acceptors (Lipinski definition) is 6. The van der Waals surface area contributed by atoms with Crippen molar-refractivity contribution in [1.29, 1.82) is 0 Å². The molecule has 0 aliphatic heterocycles. The molecule has 0 atom stereocenters. The number of nitrogens with zero attached hydrogens (tertiary/aromatic N) is 2. The molecule has 0 unspecified atom stereocenters. The topological polar surface area (TPSA) is 65.2 Å². The van der Waals surface area contributed by atoms with Crippen LogP contribution in [0, 0.1) is 0 Å². The summed E-state index contributed by atoms with van der Waals surface area (Å²) in [6, 6.07) is 0. The average Bonchev–Trinajstić information content (AvgIpc) is 3.00. The number of aromatic nitrogens is 2. The summed E-state index contributed by atoms with van der Waals surface area (Å²) >= 11 is 1.75. The standard InChI is InChI=1S/C12H18N2O3S/c1-4-16-11(15)12(5-6-12)10-13-9(14-17-10)7-18-8(2)3/h8H,4-7H2,1-3H3. The predicted molar refractivity (Wildman–Crippen MR) is 68.3 cm³/mol. The normalized spacial score (nSPS) is 16.9. The highest BCUT2D eigenvalue weighted by Crippen LogP contribution is 2.48. The zero-order valence-corrected chi connectivity index (χ0v) is 11.7. The lowest BCUT2D eigenvalue weighted by molar-refractivity contribution is -0.146. The summed E-state index contributed by atoms with van der Waals surface area (Å²) in [7, 11) is 0. The summed E-state index contributed by atoms with van der Waals surface area (Å²) in [6.07, 6.45) is 1.48. The van der Waals surface area contributed by atoms with Crippen LogP contribution in [0.1, 0.15) is 45.3 Å². The smallest absolute Gasteiger partial charge is 0.321 e. The average molecular weight is 270 g/mol. The van der Waals surface area contributed by atoms with Gasteiger partial charge in [0, 0.05) is 0 Å². The van der Waals surface area contributed by atoms with Crippen molar-refractivity contribution in [2.45, 2.75) is 50.0 Å². The highest BCUT2D eigenvalue weighted by molar-refractivity contribution is 7.99. The zero-order valence-electron chi connectivity index (χ0n) is 10.9. The van der Waals surface area contributed by atoms with Gasteiger partial charge in [-0.2, -0.15) is 16.7 Å². The molecule has 1 aliphatic carbocycles. The van der Waals surface area contributed by atoms with E-state index in [4.69, 9.17) is 9.26 Å². The first-order valence-electron chi connectivity index (χ1n) is 6.20. The number of thioether (sulfide) groups is 1. The second-order valence-electron chi connectivity index (χ2n) is 4.68. The summed E-state index contributed by atoms with van der Waals surface area (Å²) in [5, 5.41) is 4.44. The van der Waals surface area contributed by atoms with Gasteiger partial charge in [0.15, 0.2) is 5.82 Å². The van der Waals surface area contributed by atoms with Gasteiger partial charge in [0.25, 0.3) is 0 Å². The number of ether oxygens (including phenoxy) is 1. The van der Waals surface area contributed by atoms with Crippen LogP contribution in [0.3, 0.4) is 0 Å². The van der Waals surface area contributed by atoms with Crippen LogP contribution in [0.15, 0.2) is 4.52 Å². The Kier molecular flexibility index (Phi) is 3.94. The predicted octanol–water partition coefficient (Wildman–Crippen LogP) is 2.31. The molecule has 1 aliphatic rings. The van der Waals surface area contributed by atoms with Crippen LogP contribution in [-0.4, -0.2) is 28.0 Å². The zero-order chi connectivity index (χ0) is 13.2. The van der Waals surface area contributed by atoms with Crippen molar-refractivity contribution in [3.05, 3.63) is 11.7 Å². The molecule has 0 N–H and O–H groups in total. The van der Waals surface area contributed by atoms with Crippen molar-refractivity contribution in [3.8, 4) is 0 Å². The quantitative estimate of drug-likeness (QED) is 0.739. The molecular weight excluding hydrogens is 252 g/mol. The first kappa shape index (κ1) is 13.4. The van der Waals surface area contributed by atoms with Crippen molar-refractivity contribution in [3.63, 3.8) is 0 Å². The summed E-state index contributed by atoms with van der Waals surface area (Å²) < 4.78 is 10.3. The Balaban J connectivity index is 2.03. The van der Waals surface area contributed by atoms with E-state index in [2.05, 4.69) is 24.0 Å². The summed E-state index contributed by atoms with van der Waals surface area (Å²) in [5.41, 5.74) is -0.649. The van der Waals surface area contributed by atoms with Crippen LogP contribution < -0.4 is 0 Å². The summed E-state index contributed by atoms with van der Waals surface area (Å²) in [6.45, 7) is 6.41. The fraction of sp³-hybridized carbons (Fsp3) is 0.750. The molecule has 0 radical (unpaired) electrons. The van der Waals surface area contributed by atoms with E-state index in [0.29, 0.717) is 29.3 Å². The van der Waals surface area contributed by atoms with Crippen molar-refractivity contribution >= 4 is 17.7 Å². The van der Waals surface area contributed by atoms with E-state index in [1.165, 1.54) is 0 Å². The van der Waals surface area contributed by atoms with Gasteiger partial charge in [-0.25, -0.2) is 0 Å². The molecule has 6 heteroatoms.